The van der Waals surface area contributed by atoms with Crippen molar-refractivity contribution in [2.24, 2.45) is 5.41 Å². The highest BCUT2D eigenvalue weighted by atomic mass is 32.2. The van der Waals surface area contributed by atoms with Crippen molar-refractivity contribution < 1.29 is 8.42 Å². The molecular formula is C9H15N3O2S. The first-order valence-electron chi connectivity index (χ1n) is 4.85. The molecule has 1 atom stereocenters. The van der Waals surface area contributed by atoms with Crippen molar-refractivity contribution in [1.29, 1.82) is 0 Å². The topological polar surface area (TPSA) is 74.8 Å². The molecule has 1 saturated carbocycles. The number of aromatic amines is 1. The summed E-state index contributed by atoms with van der Waals surface area (Å²) in [5.41, 5.74) is 0.658. The molecule has 0 aliphatic heterocycles. The summed E-state index contributed by atoms with van der Waals surface area (Å²) in [6.45, 7) is 5.78. The minimum atomic E-state index is -3.40. The molecule has 6 heteroatoms. The third kappa shape index (κ3) is 1.91. The van der Waals surface area contributed by atoms with Crippen molar-refractivity contribution in [3.63, 3.8) is 0 Å². The monoisotopic (exact) mass is 229 g/mol. The van der Waals surface area contributed by atoms with E-state index in [1.807, 2.05) is 13.8 Å². The van der Waals surface area contributed by atoms with Gasteiger partial charge in [-0.05, 0) is 18.8 Å². The molecule has 0 radical (unpaired) electrons. The third-order valence-electron chi connectivity index (χ3n) is 2.88. The van der Waals surface area contributed by atoms with E-state index in [-0.39, 0.29) is 16.4 Å². The van der Waals surface area contributed by atoms with Gasteiger partial charge in [-0.15, -0.1) is 0 Å². The number of aromatic nitrogens is 2. The summed E-state index contributed by atoms with van der Waals surface area (Å²) in [4.78, 5) is 0.241. The van der Waals surface area contributed by atoms with Crippen molar-refractivity contribution >= 4 is 10.0 Å². The van der Waals surface area contributed by atoms with Crippen LogP contribution < -0.4 is 4.72 Å². The summed E-state index contributed by atoms with van der Waals surface area (Å²) in [6.07, 6.45) is 2.23. The molecule has 0 aromatic carbocycles. The van der Waals surface area contributed by atoms with Gasteiger partial charge in [-0.25, -0.2) is 13.1 Å². The van der Waals surface area contributed by atoms with E-state index in [2.05, 4.69) is 14.9 Å². The van der Waals surface area contributed by atoms with E-state index in [9.17, 15) is 8.42 Å². The van der Waals surface area contributed by atoms with Crippen LogP contribution in [0.4, 0.5) is 0 Å². The average molecular weight is 229 g/mol. The fourth-order valence-electron chi connectivity index (χ4n) is 1.53. The lowest BCUT2D eigenvalue weighted by Gasteiger charge is -2.06. The molecule has 0 saturated heterocycles. The smallest absolute Gasteiger partial charge is 0.244 e. The number of sulfonamides is 1. The van der Waals surface area contributed by atoms with Crippen molar-refractivity contribution in [1.82, 2.24) is 14.9 Å². The van der Waals surface area contributed by atoms with E-state index < -0.39 is 10.0 Å². The van der Waals surface area contributed by atoms with Gasteiger partial charge in [-0.2, -0.15) is 5.10 Å². The minimum absolute atomic E-state index is 0.0526. The molecule has 15 heavy (non-hydrogen) atoms. The number of hydrogen-bond donors (Lipinski definition) is 2. The number of nitrogens with one attached hydrogen (secondary N) is 2. The van der Waals surface area contributed by atoms with Gasteiger partial charge in [0.15, 0.2) is 0 Å². The fraction of sp³-hybridized carbons (Fsp3) is 0.667. The highest BCUT2D eigenvalue weighted by Crippen LogP contribution is 2.45. The Balaban J connectivity index is 2.19. The molecule has 1 aromatic rings. The second-order valence-electron chi connectivity index (χ2n) is 4.73. The molecule has 1 aliphatic rings. The predicted molar refractivity (Wildman–Crippen MR) is 55.8 cm³/mol. The molecule has 0 bridgehead atoms. The molecule has 84 valence electrons. The Labute approximate surface area is 89.3 Å². The molecule has 1 aliphatic carbocycles. The molecule has 2 N–H and O–H groups in total. The van der Waals surface area contributed by atoms with Gasteiger partial charge in [0.25, 0.3) is 0 Å². The summed E-state index contributed by atoms with van der Waals surface area (Å²) in [7, 11) is -3.40. The highest BCUT2D eigenvalue weighted by molar-refractivity contribution is 7.89. The van der Waals surface area contributed by atoms with E-state index in [1.165, 1.54) is 6.20 Å². The first kappa shape index (κ1) is 10.6. The zero-order valence-corrected chi connectivity index (χ0v) is 9.85. The van der Waals surface area contributed by atoms with Crippen LogP contribution in [0.25, 0.3) is 0 Å². The molecule has 2 rings (SSSR count). The van der Waals surface area contributed by atoms with Gasteiger partial charge < -0.3 is 0 Å². The first-order chi connectivity index (χ1) is 6.83. The molecule has 1 fully saturated rings. The van der Waals surface area contributed by atoms with Crippen LogP contribution in [0, 0.1) is 12.3 Å². The van der Waals surface area contributed by atoms with Crippen LogP contribution in [0.2, 0.25) is 0 Å². The molecule has 1 heterocycles. The molecule has 0 spiro atoms. The normalized spacial score (nSPS) is 24.1. The van der Waals surface area contributed by atoms with E-state index >= 15 is 0 Å². The van der Waals surface area contributed by atoms with E-state index in [0.717, 1.165) is 6.42 Å². The minimum Gasteiger partial charge on any atom is -0.281 e. The highest BCUT2D eigenvalue weighted by Gasteiger charge is 2.48. The van der Waals surface area contributed by atoms with E-state index in [1.54, 1.807) is 6.92 Å². The van der Waals surface area contributed by atoms with Crippen molar-refractivity contribution in [2.75, 3.05) is 0 Å². The average Bonchev–Trinajstić information content (AvgIpc) is 2.53. The van der Waals surface area contributed by atoms with Crippen molar-refractivity contribution in [3.05, 3.63) is 11.9 Å². The molecule has 1 unspecified atom stereocenters. The Morgan fingerprint density at radius 2 is 2.20 bits per heavy atom. The van der Waals surface area contributed by atoms with Gasteiger partial charge in [0, 0.05) is 6.04 Å². The second-order valence-corrected chi connectivity index (χ2v) is 6.41. The van der Waals surface area contributed by atoms with Crippen molar-refractivity contribution in [2.45, 2.75) is 38.1 Å². The number of H-pyrrole nitrogens is 1. The number of aryl methyl sites for hydroxylation is 1. The zero-order chi connectivity index (χ0) is 11.3. The number of rotatable bonds is 3. The lowest BCUT2D eigenvalue weighted by atomic mass is 10.2. The second kappa shape index (κ2) is 3.05. The molecular weight excluding hydrogens is 214 g/mol. The maximum absolute atomic E-state index is 11.9. The maximum atomic E-state index is 11.9. The largest absolute Gasteiger partial charge is 0.281 e. The van der Waals surface area contributed by atoms with Gasteiger partial charge >= 0.3 is 0 Å². The summed E-state index contributed by atoms with van der Waals surface area (Å²) in [5.74, 6) is 0. The lowest BCUT2D eigenvalue weighted by molar-refractivity contribution is 0.554. The summed E-state index contributed by atoms with van der Waals surface area (Å²) in [5, 5.41) is 6.33. The van der Waals surface area contributed by atoms with Crippen LogP contribution in [-0.2, 0) is 10.0 Å². The Hall–Kier alpha value is -0.880. The Kier molecular flexibility index (Phi) is 2.16. The van der Waals surface area contributed by atoms with Crippen LogP contribution in [0.3, 0.4) is 0 Å². The van der Waals surface area contributed by atoms with Gasteiger partial charge in [-0.1, -0.05) is 13.8 Å². The molecule has 0 amide bonds. The van der Waals surface area contributed by atoms with Gasteiger partial charge in [-0.3, -0.25) is 5.10 Å². The lowest BCUT2D eigenvalue weighted by Crippen LogP contribution is -2.28. The van der Waals surface area contributed by atoms with Gasteiger partial charge in [0.1, 0.15) is 4.90 Å². The van der Waals surface area contributed by atoms with Gasteiger partial charge in [0.2, 0.25) is 10.0 Å². The van der Waals surface area contributed by atoms with Crippen LogP contribution in [-0.4, -0.2) is 24.7 Å². The number of nitrogens with zero attached hydrogens (tertiary/aromatic N) is 1. The van der Waals surface area contributed by atoms with Crippen LogP contribution in [0.15, 0.2) is 11.1 Å². The zero-order valence-electron chi connectivity index (χ0n) is 9.03. The molecule has 1 aromatic heterocycles. The quantitative estimate of drug-likeness (QED) is 0.804. The van der Waals surface area contributed by atoms with Crippen molar-refractivity contribution in [3.8, 4) is 0 Å². The van der Waals surface area contributed by atoms with Crippen LogP contribution >= 0.6 is 0 Å². The van der Waals surface area contributed by atoms with E-state index in [0.29, 0.717) is 5.69 Å². The first-order valence-corrected chi connectivity index (χ1v) is 6.33. The van der Waals surface area contributed by atoms with Crippen LogP contribution in [0.5, 0.6) is 0 Å². The fourth-order valence-corrected chi connectivity index (χ4v) is 3.07. The van der Waals surface area contributed by atoms with Gasteiger partial charge in [0.05, 0.1) is 11.9 Å². The van der Waals surface area contributed by atoms with Crippen LogP contribution in [0.1, 0.15) is 26.0 Å². The maximum Gasteiger partial charge on any atom is 0.244 e. The Morgan fingerprint density at radius 1 is 1.60 bits per heavy atom. The Bertz CT molecular complexity index is 475. The predicted octanol–water partition coefficient (Wildman–Crippen LogP) is 0.795. The molecule has 5 nitrogen and oxygen atoms in total. The standard InChI is InChI=1S/C9H15N3O2S/c1-6-7(5-10-11-6)15(13,14)12-8-4-9(8,2)3/h5,8,12H,4H2,1-3H3,(H,10,11). The van der Waals surface area contributed by atoms with E-state index in [4.69, 9.17) is 0 Å². The number of hydrogen-bond acceptors (Lipinski definition) is 3. The Morgan fingerprint density at radius 3 is 2.60 bits per heavy atom. The summed E-state index contributed by atoms with van der Waals surface area (Å²) < 4.78 is 26.4. The summed E-state index contributed by atoms with van der Waals surface area (Å²) in [6, 6.07) is 0.0526. The SMILES string of the molecule is Cc1[nH]ncc1S(=O)(=O)NC1CC1(C)C. The summed E-state index contributed by atoms with van der Waals surface area (Å²) >= 11 is 0. The third-order valence-corrected chi connectivity index (χ3v) is 4.47.